The first-order chi connectivity index (χ1) is 15.1. The third-order valence-electron chi connectivity index (χ3n) is 5.15. The third-order valence-corrected chi connectivity index (χ3v) is 5.15. The number of nitrogens with one attached hydrogen (secondary N) is 1. The number of rotatable bonds is 13. The summed E-state index contributed by atoms with van der Waals surface area (Å²) in [4.78, 5) is 13.1. The van der Waals surface area contributed by atoms with Crippen molar-refractivity contribution >= 4 is 21.9 Å². The maximum atomic E-state index is 13.1. The summed E-state index contributed by atoms with van der Waals surface area (Å²) in [5.41, 5.74) is 0.825. The molecule has 2 aromatic carbocycles. The molecule has 1 atom stereocenters. The molecule has 0 fully saturated rings. The molecule has 31 heavy (non-hydrogen) atoms. The molecule has 0 radical (unpaired) electrons. The van der Waals surface area contributed by atoms with Crippen LogP contribution in [0.1, 0.15) is 46.0 Å². The molecule has 3 aromatic rings. The van der Waals surface area contributed by atoms with Crippen LogP contribution < -0.4 is 20.2 Å². The molecule has 0 aliphatic rings. The standard InChI is InChI=1S/C25H33NO5/c1-3-5-9-13-29-22-14-19(30-17-18(27)16-26-12-6-4-2)15-23-24(22)25(28)20-10-7-8-11-21(20)31-23/h7-8,10-11,14-15,18,26-27H,3-6,9,12-13,16-17H2,1-2H3. The van der Waals surface area contributed by atoms with Gasteiger partial charge in [0.2, 0.25) is 5.43 Å². The Kier molecular flexibility index (Phi) is 8.74. The summed E-state index contributed by atoms with van der Waals surface area (Å²) in [5, 5.41) is 14.3. The van der Waals surface area contributed by atoms with Crippen molar-refractivity contribution in [2.24, 2.45) is 0 Å². The molecule has 1 heterocycles. The van der Waals surface area contributed by atoms with Crippen LogP contribution in [0, 0.1) is 0 Å². The van der Waals surface area contributed by atoms with Gasteiger partial charge in [-0.1, -0.05) is 45.2 Å². The fraction of sp³-hybridized carbons (Fsp3) is 0.480. The lowest BCUT2D eigenvalue weighted by molar-refractivity contribution is 0.106. The molecule has 0 aliphatic carbocycles. The van der Waals surface area contributed by atoms with Crippen LogP contribution in [0.15, 0.2) is 45.6 Å². The van der Waals surface area contributed by atoms with Gasteiger partial charge < -0.3 is 24.3 Å². The number of benzene rings is 2. The van der Waals surface area contributed by atoms with Crippen LogP contribution in [0.4, 0.5) is 0 Å². The van der Waals surface area contributed by atoms with E-state index in [1.165, 1.54) is 0 Å². The van der Waals surface area contributed by atoms with Crippen LogP contribution in [-0.2, 0) is 0 Å². The van der Waals surface area contributed by atoms with Crippen LogP contribution in [0.2, 0.25) is 0 Å². The Balaban J connectivity index is 1.84. The summed E-state index contributed by atoms with van der Waals surface area (Å²) in [5.74, 6) is 0.961. The fourth-order valence-corrected chi connectivity index (χ4v) is 3.42. The molecular weight excluding hydrogens is 394 g/mol. The zero-order valence-electron chi connectivity index (χ0n) is 18.5. The molecule has 3 rings (SSSR count). The van der Waals surface area contributed by atoms with Gasteiger partial charge in [0.25, 0.3) is 0 Å². The van der Waals surface area contributed by atoms with Gasteiger partial charge in [0, 0.05) is 18.7 Å². The zero-order valence-corrected chi connectivity index (χ0v) is 18.5. The fourth-order valence-electron chi connectivity index (χ4n) is 3.42. The molecule has 1 unspecified atom stereocenters. The van der Waals surface area contributed by atoms with E-state index < -0.39 is 6.10 Å². The SMILES string of the molecule is CCCCCOc1cc(OCC(O)CNCCCC)cc2oc3ccccc3c(=O)c12. The Bertz CT molecular complexity index is 1030. The average molecular weight is 428 g/mol. The number of para-hydroxylation sites is 1. The molecule has 0 amide bonds. The molecule has 168 valence electrons. The highest BCUT2D eigenvalue weighted by Crippen LogP contribution is 2.31. The summed E-state index contributed by atoms with van der Waals surface area (Å²) in [6, 6.07) is 10.6. The van der Waals surface area contributed by atoms with E-state index >= 15 is 0 Å². The Labute approximate surface area is 183 Å². The van der Waals surface area contributed by atoms with Crippen molar-refractivity contribution in [3.63, 3.8) is 0 Å². The van der Waals surface area contributed by atoms with Crippen molar-refractivity contribution in [3.05, 3.63) is 46.6 Å². The van der Waals surface area contributed by atoms with Gasteiger partial charge in [-0.25, -0.2) is 0 Å². The normalized spacial score (nSPS) is 12.4. The van der Waals surface area contributed by atoms with Crippen LogP contribution in [-0.4, -0.2) is 37.5 Å². The summed E-state index contributed by atoms with van der Waals surface area (Å²) in [7, 11) is 0. The average Bonchev–Trinajstić information content (AvgIpc) is 2.78. The second-order valence-electron chi connectivity index (χ2n) is 7.80. The highest BCUT2D eigenvalue weighted by molar-refractivity contribution is 5.93. The summed E-state index contributed by atoms with van der Waals surface area (Å²) >= 11 is 0. The van der Waals surface area contributed by atoms with E-state index in [1.54, 1.807) is 24.3 Å². The second kappa shape index (κ2) is 11.7. The largest absolute Gasteiger partial charge is 0.493 e. The third kappa shape index (κ3) is 6.21. The summed E-state index contributed by atoms with van der Waals surface area (Å²) in [6.07, 6.45) is 4.60. The molecule has 2 N–H and O–H groups in total. The number of fused-ring (bicyclic) bond motifs is 2. The van der Waals surface area contributed by atoms with Gasteiger partial charge >= 0.3 is 0 Å². The van der Waals surface area contributed by atoms with Gasteiger partial charge in [-0.2, -0.15) is 0 Å². The van der Waals surface area contributed by atoms with Gasteiger partial charge in [-0.15, -0.1) is 0 Å². The number of ether oxygens (including phenoxy) is 2. The Hall–Kier alpha value is -2.57. The van der Waals surface area contributed by atoms with E-state index in [2.05, 4.69) is 19.2 Å². The molecule has 0 aliphatic heterocycles. The van der Waals surface area contributed by atoms with Crippen LogP contribution in [0.25, 0.3) is 21.9 Å². The van der Waals surface area contributed by atoms with E-state index in [0.717, 1.165) is 38.6 Å². The Morgan fingerprint density at radius 1 is 1.03 bits per heavy atom. The van der Waals surface area contributed by atoms with Crippen molar-refractivity contribution < 1.29 is 19.0 Å². The second-order valence-corrected chi connectivity index (χ2v) is 7.80. The quantitative estimate of drug-likeness (QED) is 0.305. The van der Waals surface area contributed by atoms with Crippen LogP contribution >= 0.6 is 0 Å². The molecule has 0 bridgehead atoms. The van der Waals surface area contributed by atoms with E-state index in [9.17, 15) is 9.90 Å². The molecule has 1 aromatic heterocycles. The van der Waals surface area contributed by atoms with Gasteiger partial charge in [-0.05, 0) is 31.5 Å². The predicted octanol–water partition coefficient (Wildman–Crippen LogP) is 4.64. The number of hydrogen-bond acceptors (Lipinski definition) is 6. The lowest BCUT2D eigenvalue weighted by Crippen LogP contribution is -2.31. The van der Waals surface area contributed by atoms with Crippen molar-refractivity contribution in [1.29, 1.82) is 0 Å². The molecular formula is C25H33NO5. The monoisotopic (exact) mass is 427 g/mol. The first kappa shape index (κ1) is 23.1. The minimum Gasteiger partial charge on any atom is -0.493 e. The van der Waals surface area contributed by atoms with Gasteiger partial charge in [0.1, 0.15) is 40.8 Å². The highest BCUT2D eigenvalue weighted by Gasteiger charge is 2.16. The van der Waals surface area contributed by atoms with Crippen molar-refractivity contribution in [1.82, 2.24) is 5.32 Å². The smallest absolute Gasteiger partial charge is 0.204 e. The van der Waals surface area contributed by atoms with E-state index in [4.69, 9.17) is 13.9 Å². The lowest BCUT2D eigenvalue weighted by Gasteiger charge is -2.15. The minimum atomic E-state index is -0.634. The van der Waals surface area contributed by atoms with Crippen molar-refractivity contribution in [3.8, 4) is 11.5 Å². The van der Waals surface area contributed by atoms with Crippen molar-refractivity contribution in [2.75, 3.05) is 26.3 Å². The van der Waals surface area contributed by atoms with E-state index in [1.807, 2.05) is 12.1 Å². The molecule has 0 spiro atoms. The molecule has 0 saturated carbocycles. The first-order valence-corrected chi connectivity index (χ1v) is 11.3. The summed E-state index contributed by atoms with van der Waals surface area (Å²) in [6.45, 7) is 6.25. The van der Waals surface area contributed by atoms with Gasteiger partial charge in [0.05, 0.1) is 12.0 Å². The number of unbranched alkanes of at least 4 members (excludes halogenated alkanes) is 3. The minimum absolute atomic E-state index is 0.117. The van der Waals surface area contributed by atoms with Crippen LogP contribution in [0.5, 0.6) is 11.5 Å². The number of aliphatic hydroxyl groups is 1. The number of aliphatic hydroxyl groups excluding tert-OH is 1. The lowest BCUT2D eigenvalue weighted by atomic mass is 10.1. The maximum absolute atomic E-state index is 13.1. The predicted molar refractivity (Wildman–Crippen MR) is 124 cm³/mol. The van der Waals surface area contributed by atoms with Crippen molar-refractivity contribution in [2.45, 2.75) is 52.1 Å². The topological polar surface area (TPSA) is 80.9 Å². The molecule has 0 saturated heterocycles. The molecule has 6 heteroatoms. The van der Waals surface area contributed by atoms with E-state index in [-0.39, 0.29) is 12.0 Å². The highest BCUT2D eigenvalue weighted by atomic mass is 16.5. The first-order valence-electron chi connectivity index (χ1n) is 11.3. The number of hydrogen-bond donors (Lipinski definition) is 2. The zero-order chi connectivity index (χ0) is 22.1. The summed E-state index contributed by atoms with van der Waals surface area (Å²) < 4.78 is 17.8. The Morgan fingerprint density at radius 3 is 2.65 bits per heavy atom. The van der Waals surface area contributed by atoms with E-state index in [0.29, 0.717) is 46.6 Å². The van der Waals surface area contributed by atoms with Crippen LogP contribution in [0.3, 0.4) is 0 Å². The molecule has 6 nitrogen and oxygen atoms in total. The van der Waals surface area contributed by atoms with Gasteiger partial charge in [-0.3, -0.25) is 4.79 Å². The van der Waals surface area contributed by atoms with Gasteiger partial charge in [0.15, 0.2) is 0 Å². The Morgan fingerprint density at radius 2 is 1.84 bits per heavy atom. The maximum Gasteiger partial charge on any atom is 0.204 e.